The molecule has 18 heavy (non-hydrogen) atoms. The van der Waals surface area contributed by atoms with Gasteiger partial charge in [-0.25, -0.2) is 0 Å². The maximum Gasteiger partial charge on any atom is 0.120 e. The summed E-state index contributed by atoms with van der Waals surface area (Å²) in [6.07, 6.45) is 0. The molecule has 0 fully saturated rings. The number of hydrogen-bond donors (Lipinski definition) is 2. The Morgan fingerprint density at radius 2 is 2.22 bits per heavy atom. The summed E-state index contributed by atoms with van der Waals surface area (Å²) < 4.78 is 5.17. The highest BCUT2D eigenvalue weighted by Gasteiger charge is 2.11. The minimum Gasteiger partial charge on any atom is -0.508 e. The molecule has 1 heterocycles. The molecule has 0 saturated heterocycles. The van der Waals surface area contributed by atoms with Crippen molar-refractivity contribution in [2.24, 2.45) is 0 Å². The summed E-state index contributed by atoms with van der Waals surface area (Å²) in [6, 6.07) is 7.44. The van der Waals surface area contributed by atoms with Crippen LogP contribution in [0, 0.1) is 0 Å². The Balaban J connectivity index is 2.05. The second kappa shape index (κ2) is 5.89. The summed E-state index contributed by atoms with van der Waals surface area (Å²) in [5.74, 6) is 1.05. The van der Waals surface area contributed by atoms with Crippen LogP contribution < -0.4 is 10.1 Å². The van der Waals surface area contributed by atoms with Crippen LogP contribution in [0.5, 0.6) is 11.5 Å². The van der Waals surface area contributed by atoms with E-state index in [0.717, 1.165) is 17.9 Å². The first kappa shape index (κ1) is 12.9. The average Bonchev–Trinajstić information content (AvgIpc) is 2.89. The molecule has 0 aliphatic rings. The molecule has 3 nitrogen and oxygen atoms in total. The van der Waals surface area contributed by atoms with E-state index in [2.05, 4.69) is 22.1 Å². The molecule has 1 aromatic heterocycles. The molecule has 2 rings (SSSR count). The first-order chi connectivity index (χ1) is 8.70. The summed E-state index contributed by atoms with van der Waals surface area (Å²) in [5.41, 5.74) is 2.11. The number of benzene rings is 1. The van der Waals surface area contributed by atoms with Gasteiger partial charge in [-0.15, -0.1) is 0 Å². The lowest BCUT2D eigenvalue weighted by molar-refractivity contribution is 0.407. The van der Waals surface area contributed by atoms with Crippen LogP contribution in [-0.2, 0) is 6.54 Å². The fourth-order valence-corrected chi connectivity index (χ4v) is 2.45. The third kappa shape index (κ3) is 3.03. The molecular weight excluding hydrogens is 246 g/mol. The van der Waals surface area contributed by atoms with E-state index in [4.69, 9.17) is 4.74 Å². The van der Waals surface area contributed by atoms with Crippen LogP contribution in [0.2, 0.25) is 0 Å². The Kier molecular flexibility index (Phi) is 4.23. The number of aromatic hydroxyl groups is 1. The molecule has 0 aliphatic carbocycles. The molecule has 0 radical (unpaired) electrons. The summed E-state index contributed by atoms with van der Waals surface area (Å²) in [4.78, 5) is 0. The van der Waals surface area contributed by atoms with E-state index in [0.29, 0.717) is 5.75 Å². The molecule has 1 atom stereocenters. The number of phenols is 1. The maximum absolute atomic E-state index is 9.86. The highest BCUT2D eigenvalue weighted by Crippen LogP contribution is 2.28. The second-order valence-electron chi connectivity index (χ2n) is 4.16. The van der Waals surface area contributed by atoms with E-state index in [1.165, 1.54) is 5.56 Å². The molecular formula is C14H17NO2S. The molecule has 0 aliphatic heterocycles. The zero-order chi connectivity index (χ0) is 13.0. The van der Waals surface area contributed by atoms with Crippen molar-refractivity contribution < 1.29 is 9.84 Å². The lowest BCUT2D eigenvalue weighted by atomic mass is 10.1. The zero-order valence-corrected chi connectivity index (χ0v) is 11.3. The van der Waals surface area contributed by atoms with Gasteiger partial charge in [-0.1, -0.05) is 0 Å². The topological polar surface area (TPSA) is 41.5 Å². The molecule has 96 valence electrons. The highest BCUT2D eigenvalue weighted by atomic mass is 32.1. The number of ether oxygens (including phenoxy) is 1. The van der Waals surface area contributed by atoms with Crippen LogP contribution in [-0.4, -0.2) is 12.2 Å². The normalized spacial score (nSPS) is 12.3. The number of rotatable bonds is 5. The molecule has 2 aromatic rings. The van der Waals surface area contributed by atoms with Gasteiger partial charge >= 0.3 is 0 Å². The van der Waals surface area contributed by atoms with Gasteiger partial charge in [0.05, 0.1) is 7.11 Å². The Morgan fingerprint density at radius 3 is 2.89 bits per heavy atom. The van der Waals surface area contributed by atoms with E-state index < -0.39 is 0 Å². The van der Waals surface area contributed by atoms with Crippen molar-refractivity contribution in [1.82, 2.24) is 5.32 Å². The van der Waals surface area contributed by atoms with Crippen molar-refractivity contribution >= 4 is 11.3 Å². The van der Waals surface area contributed by atoms with Crippen LogP contribution in [0.4, 0.5) is 0 Å². The Labute approximate surface area is 111 Å². The quantitative estimate of drug-likeness (QED) is 0.869. The van der Waals surface area contributed by atoms with Gasteiger partial charge in [-0.3, -0.25) is 0 Å². The molecule has 2 N–H and O–H groups in total. The number of phenolic OH excluding ortho intramolecular Hbond substituents is 1. The zero-order valence-electron chi connectivity index (χ0n) is 10.5. The smallest absolute Gasteiger partial charge is 0.120 e. The van der Waals surface area contributed by atoms with E-state index >= 15 is 0 Å². The first-order valence-electron chi connectivity index (χ1n) is 5.82. The van der Waals surface area contributed by atoms with Gasteiger partial charge in [-0.05, 0) is 47.5 Å². The lowest BCUT2D eigenvalue weighted by Crippen LogP contribution is -2.17. The van der Waals surface area contributed by atoms with Gasteiger partial charge in [0.1, 0.15) is 11.5 Å². The molecule has 0 amide bonds. The predicted molar refractivity (Wildman–Crippen MR) is 74.2 cm³/mol. The van der Waals surface area contributed by atoms with Gasteiger partial charge in [-0.2, -0.15) is 11.3 Å². The number of nitrogens with one attached hydrogen (secondary N) is 1. The number of thiophene rings is 1. The van der Waals surface area contributed by atoms with E-state index in [-0.39, 0.29) is 6.04 Å². The van der Waals surface area contributed by atoms with Crippen molar-refractivity contribution in [2.45, 2.75) is 19.5 Å². The Bertz CT molecular complexity index is 497. The van der Waals surface area contributed by atoms with Crippen molar-refractivity contribution in [3.05, 3.63) is 46.2 Å². The third-order valence-electron chi connectivity index (χ3n) is 2.89. The number of methoxy groups -OCH3 is 1. The third-order valence-corrected chi connectivity index (χ3v) is 3.63. The fourth-order valence-electron chi connectivity index (χ4n) is 1.78. The monoisotopic (exact) mass is 263 g/mol. The second-order valence-corrected chi connectivity index (χ2v) is 4.94. The Hall–Kier alpha value is -1.52. The maximum atomic E-state index is 9.86. The molecule has 1 aromatic carbocycles. The van der Waals surface area contributed by atoms with Crippen molar-refractivity contribution in [3.63, 3.8) is 0 Å². The molecule has 0 bridgehead atoms. The first-order valence-corrected chi connectivity index (χ1v) is 6.76. The van der Waals surface area contributed by atoms with Gasteiger partial charge in [0, 0.05) is 18.2 Å². The van der Waals surface area contributed by atoms with Gasteiger partial charge in [0.25, 0.3) is 0 Å². The Morgan fingerprint density at radius 1 is 1.39 bits per heavy atom. The minimum atomic E-state index is 0.0694. The SMILES string of the molecule is COc1ccc(O)c([C@H](C)NCc2ccsc2)c1. The van der Waals surface area contributed by atoms with Gasteiger partial charge < -0.3 is 15.2 Å². The van der Waals surface area contributed by atoms with Crippen LogP contribution in [0.15, 0.2) is 35.0 Å². The van der Waals surface area contributed by atoms with Crippen LogP contribution >= 0.6 is 11.3 Å². The highest BCUT2D eigenvalue weighted by molar-refractivity contribution is 7.07. The molecule has 0 spiro atoms. The van der Waals surface area contributed by atoms with Crippen LogP contribution in [0.1, 0.15) is 24.1 Å². The molecule has 0 saturated carbocycles. The largest absolute Gasteiger partial charge is 0.508 e. The number of hydrogen-bond acceptors (Lipinski definition) is 4. The molecule has 4 heteroatoms. The van der Waals surface area contributed by atoms with Gasteiger partial charge in [0.2, 0.25) is 0 Å². The fraction of sp³-hybridized carbons (Fsp3) is 0.286. The summed E-state index contributed by atoms with van der Waals surface area (Å²) in [5, 5.41) is 17.4. The van der Waals surface area contributed by atoms with Crippen molar-refractivity contribution in [2.75, 3.05) is 7.11 Å². The predicted octanol–water partition coefficient (Wildman–Crippen LogP) is 3.31. The summed E-state index contributed by atoms with van der Waals surface area (Å²) in [6.45, 7) is 2.82. The van der Waals surface area contributed by atoms with E-state index in [9.17, 15) is 5.11 Å². The molecule has 0 unspecified atom stereocenters. The standard InChI is InChI=1S/C14H17NO2S/c1-10(15-8-11-5-6-18-9-11)13-7-12(17-2)3-4-14(13)16/h3-7,9-10,15-16H,8H2,1-2H3/t10-/m0/s1. The lowest BCUT2D eigenvalue weighted by Gasteiger charge is -2.16. The van der Waals surface area contributed by atoms with E-state index in [1.807, 2.05) is 13.0 Å². The van der Waals surface area contributed by atoms with Crippen LogP contribution in [0.25, 0.3) is 0 Å². The minimum absolute atomic E-state index is 0.0694. The van der Waals surface area contributed by atoms with E-state index in [1.54, 1.807) is 30.6 Å². The summed E-state index contributed by atoms with van der Waals surface area (Å²) >= 11 is 1.69. The van der Waals surface area contributed by atoms with Crippen molar-refractivity contribution in [3.8, 4) is 11.5 Å². The van der Waals surface area contributed by atoms with Crippen molar-refractivity contribution in [1.29, 1.82) is 0 Å². The van der Waals surface area contributed by atoms with Gasteiger partial charge in [0.15, 0.2) is 0 Å². The van der Waals surface area contributed by atoms with Crippen LogP contribution in [0.3, 0.4) is 0 Å². The average molecular weight is 263 g/mol. The summed E-state index contributed by atoms with van der Waals surface area (Å²) in [7, 11) is 1.62.